The second-order valence-electron chi connectivity index (χ2n) is 5.53. The first kappa shape index (κ1) is 16.2. The molecule has 24 heavy (non-hydrogen) atoms. The molecule has 2 aromatic rings. The second kappa shape index (κ2) is 7.74. The Hall–Kier alpha value is -2.67. The Morgan fingerprint density at radius 3 is 3.00 bits per heavy atom. The zero-order valence-corrected chi connectivity index (χ0v) is 13.1. The average molecular weight is 329 g/mol. The number of hydrogen-bond acceptors (Lipinski definition) is 5. The van der Waals surface area contributed by atoms with E-state index in [0.29, 0.717) is 25.5 Å². The van der Waals surface area contributed by atoms with Crippen LogP contribution in [0.15, 0.2) is 53.6 Å². The van der Waals surface area contributed by atoms with Crippen LogP contribution < -0.4 is 15.6 Å². The van der Waals surface area contributed by atoms with Crippen molar-refractivity contribution in [1.29, 1.82) is 0 Å². The molecule has 7 heteroatoms. The fourth-order valence-electron chi connectivity index (χ4n) is 2.56. The van der Waals surface area contributed by atoms with Gasteiger partial charge in [-0.1, -0.05) is 12.1 Å². The van der Waals surface area contributed by atoms with Crippen LogP contribution in [-0.2, 0) is 16.1 Å². The molecule has 1 N–H and O–H groups in total. The van der Waals surface area contributed by atoms with Gasteiger partial charge in [-0.05, 0) is 18.6 Å². The summed E-state index contributed by atoms with van der Waals surface area (Å²) in [5.74, 6) is 0.261. The minimum Gasteiger partial charge on any atom is -0.470 e. The maximum absolute atomic E-state index is 12.2. The highest BCUT2D eigenvalue weighted by atomic mass is 16.5. The van der Waals surface area contributed by atoms with Crippen molar-refractivity contribution in [3.8, 4) is 5.88 Å². The molecule has 0 aliphatic carbocycles. The zero-order chi connectivity index (χ0) is 16.8. The van der Waals surface area contributed by atoms with Gasteiger partial charge < -0.3 is 19.4 Å². The molecular formula is C17H19N3O4. The first-order valence-corrected chi connectivity index (χ1v) is 7.82. The Labute approximate surface area is 139 Å². The highest BCUT2D eigenvalue weighted by molar-refractivity contribution is 5.76. The van der Waals surface area contributed by atoms with Gasteiger partial charge in [0.05, 0.1) is 12.6 Å². The Morgan fingerprint density at radius 1 is 1.33 bits per heavy atom. The van der Waals surface area contributed by atoms with Gasteiger partial charge in [-0.25, -0.2) is 4.98 Å². The summed E-state index contributed by atoms with van der Waals surface area (Å²) in [6, 6.07) is 10.0. The summed E-state index contributed by atoms with van der Waals surface area (Å²) in [5, 5.41) is 2.93. The van der Waals surface area contributed by atoms with Crippen LogP contribution in [-0.4, -0.2) is 40.8 Å². The van der Waals surface area contributed by atoms with E-state index in [1.807, 2.05) is 6.07 Å². The molecule has 0 aromatic carbocycles. The van der Waals surface area contributed by atoms with Crippen molar-refractivity contribution in [2.45, 2.75) is 25.1 Å². The maximum Gasteiger partial charge on any atom is 0.250 e. The summed E-state index contributed by atoms with van der Waals surface area (Å²) in [6.07, 6.45) is 3.57. The van der Waals surface area contributed by atoms with Gasteiger partial charge in [0.2, 0.25) is 11.8 Å². The summed E-state index contributed by atoms with van der Waals surface area (Å²) >= 11 is 0. The number of amides is 1. The van der Waals surface area contributed by atoms with Crippen LogP contribution in [0.25, 0.3) is 0 Å². The molecule has 0 saturated carbocycles. The maximum atomic E-state index is 12.2. The van der Waals surface area contributed by atoms with Crippen LogP contribution in [0.1, 0.15) is 6.42 Å². The summed E-state index contributed by atoms with van der Waals surface area (Å²) < 4.78 is 12.6. The Kier molecular flexibility index (Phi) is 5.22. The molecule has 1 aliphatic heterocycles. The Bertz CT molecular complexity index is 732. The van der Waals surface area contributed by atoms with Gasteiger partial charge in [-0.15, -0.1) is 0 Å². The van der Waals surface area contributed by atoms with Crippen molar-refractivity contribution in [3.63, 3.8) is 0 Å². The van der Waals surface area contributed by atoms with E-state index in [0.717, 1.165) is 0 Å². The lowest BCUT2D eigenvalue weighted by molar-refractivity contribution is -0.124. The van der Waals surface area contributed by atoms with Gasteiger partial charge in [0.25, 0.3) is 5.56 Å². The van der Waals surface area contributed by atoms with Crippen LogP contribution in [0.4, 0.5) is 0 Å². The SMILES string of the molecule is O=C(Cn1ccccc1=O)N[C@@H]1CCOC[C@H]1Oc1ccccn1. The van der Waals surface area contributed by atoms with Gasteiger partial charge in [-0.3, -0.25) is 9.59 Å². The topological polar surface area (TPSA) is 82.5 Å². The highest BCUT2D eigenvalue weighted by Crippen LogP contribution is 2.15. The molecule has 3 rings (SSSR count). The van der Waals surface area contributed by atoms with Gasteiger partial charge in [0.15, 0.2) is 0 Å². The number of ether oxygens (including phenoxy) is 2. The minimum absolute atomic E-state index is 0.0205. The van der Waals surface area contributed by atoms with Crippen molar-refractivity contribution in [1.82, 2.24) is 14.9 Å². The van der Waals surface area contributed by atoms with E-state index in [1.54, 1.807) is 36.7 Å². The summed E-state index contributed by atoms with van der Waals surface area (Å²) in [6.45, 7) is 0.915. The number of hydrogen-bond donors (Lipinski definition) is 1. The predicted octanol–water partition coefficient (Wildman–Crippen LogP) is 0.596. The molecule has 1 fully saturated rings. The van der Waals surface area contributed by atoms with Gasteiger partial charge in [0.1, 0.15) is 12.6 Å². The molecule has 1 saturated heterocycles. The third kappa shape index (κ3) is 4.20. The van der Waals surface area contributed by atoms with Crippen LogP contribution >= 0.6 is 0 Å². The number of nitrogens with one attached hydrogen (secondary N) is 1. The molecule has 2 aromatic heterocycles. The molecule has 1 amide bonds. The van der Waals surface area contributed by atoms with Gasteiger partial charge in [-0.2, -0.15) is 0 Å². The van der Waals surface area contributed by atoms with E-state index in [9.17, 15) is 9.59 Å². The summed E-state index contributed by atoms with van der Waals surface area (Å²) in [5.41, 5.74) is -0.207. The van der Waals surface area contributed by atoms with Crippen LogP contribution in [0.2, 0.25) is 0 Å². The monoisotopic (exact) mass is 329 g/mol. The molecule has 7 nitrogen and oxygen atoms in total. The molecule has 0 spiro atoms. The molecular weight excluding hydrogens is 310 g/mol. The van der Waals surface area contributed by atoms with Crippen molar-refractivity contribution >= 4 is 5.91 Å². The van der Waals surface area contributed by atoms with Crippen LogP contribution in [0.3, 0.4) is 0 Å². The number of pyridine rings is 2. The first-order chi connectivity index (χ1) is 11.7. The highest BCUT2D eigenvalue weighted by Gasteiger charge is 2.29. The lowest BCUT2D eigenvalue weighted by Crippen LogP contribution is -2.52. The normalized spacial score (nSPS) is 20.3. The molecule has 0 radical (unpaired) electrons. The van der Waals surface area contributed by atoms with E-state index < -0.39 is 0 Å². The quantitative estimate of drug-likeness (QED) is 0.868. The van der Waals surface area contributed by atoms with Crippen molar-refractivity contribution < 1.29 is 14.3 Å². The standard InChI is InChI=1S/C17H19N3O4/c21-15(11-20-9-4-2-6-17(20)22)19-13-7-10-23-12-14(13)24-16-5-1-3-8-18-16/h1-6,8-9,13-14H,7,10-12H2,(H,19,21)/t13-,14-/m1/s1. The lowest BCUT2D eigenvalue weighted by Gasteiger charge is -2.32. The fraction of sp³-hybridized carbons (Fsp3) is 0.353. The summed E-state index contributed by atoms with van der Waals surface area (Å²) in [4.78, 5) is 28.1. The Balaban J connectivity index is 1.62. The largest absolute Gasteiger partial charge is 0.470 e. The third-order valence-corrected chi connectivity index (χ3v) is 3.77. The summed E-state index contributed by atoms with van der Waals surface area (Å²) in [7, 11) is 0. The molecule has 2 atom stereocenters. The number of carbonyl (C=O) groups is 1. The lowest BCUT2D eigenvalue weighted by atomic mass is 10.1. The van der Waals surface area contributed by atoms with Gasteiger partial charge in [0, 0.05) is 31.1 Å². The van der Waals surface area contributed by atoms with E-state index in [4.69, 9.17) is 9.47 Å². The Morgan fingerprint density at radius 2 is 2.21 bits per heavy atom. The molecule has 1 aliphatic rings. The second-order valence-corrected chi connectivity index (χ2v) is 5.53. The third-order valence-electron chi connectivity index (χ3n) is 3.77. The van der Waals surface area contributed by atoms with E-state index in [2.05, 4.69) is 10.3 Å². The van der Waals surface area contributed by atoms with Gasteiger partial charge >= 0.3 is 0 Å². The average Bonchev–Trinajstić information content (AvgIpc) is 2.60. The number of aromatic nitrogens is 2. The van der Waals surface area contributed by atoms with E-state index >= 15 is 0 Å². The number of carbonyl (C=O) groups excluding carboxylic acids is 1. The van der Waals surface area contributed by atoms with Crippen LogP contribution in [0, 0.1) is 0 Å². The zero-order valence-electron chi connectivity index (χ0n) is 13.1. The van der Waals surface area contributed by atoms with Crippen molar-refractivity contribution in [3.05, 3.63) is 59.1 Å². The number of nitrogens with zero attached hydrogens (tertiary/aromatic N) is 2. The molecule has 0 unspecified atom stereocenters. The van der Waals surface area contributed by atoms with E-state index in [-0.39, 0.29) is 30.2 Å². The smallest absolute Gasteiger partial charge is 0.250 e. The number of rotatable bonds is 5. The van der Waals surface area contributed by atoms with E-state index in [1.165, 1.54) is 10.6 Å². The predicted molar refractivity (Wildman–Crippen MR) is 86.7 cm³/mol. The van der Waals surface area contributed by atoms with Crippen molar-refractivity contribution in [2.75, 3.05) is 13.2 Å². The molecule has 3 heterocycles. The minimum atomic E-state index is -0.315. The fourth-order valence-corrected chi connectivity index (χ4v) is 2.56. The van der Waals surface area contributed by atoms with Crippen LogP contribution in [0.5, 0.6) is 5.88 Å². The molecule has 0 bridgehead atoms. The first-order valence-electron chi connectivity index (χ1n) is 7.82. The molecule has 126 valence electrons. The van der Waals surface area contributed by atoms with Crippen molar-refractivity contribution in [2.24, 2.45) is 0 Å².